The first-order valence-corrected chi connectivity index (χ1v) is 8.51. The molecule has 0 aliphatic heterocycles. The fourth-order valence-corrected chi connectivity index (χ4v) is 2.60. The number of nitrogens with zero attached hydrogens (tertiary/aromatic N) is 2. The second-order valence-electron chi connectivity index (χ2n) is 6.30. The number of amides is 2. The Bertz CT molecular complexity index is 714. The zero-order valence-corrected chi connectivity index (χ0v) is 15.0. The van der Waals surface area contributed by atoms with Crippen LogP contribution in [0.4, 0.5) is 5.69 Å². The van der Waals surface area contributed by atoms with E-state index < -0.39 is 0 Å². The van der Waals surface area contributed by atoms with Gasteiger partial charge in [-0.1, -0.05) is 38.1 Å². The van der Waals surface area contributed by atoms with Crippen LogP contribution >= 0.6 is 0 Å². The molecule has 132 valence electrons. The highest BCUT2D eigenvalue weighted by molar-refractivity contribution is 5.92. The molecule has 0 saturated carbocycles. The van der Waals surface area contributed by atoms with Gasteiger partial charge in [0.25, 0.3) is 0 Å². The molecule has 0 radical (unpaired) electrons. The maximum Gasteiger partial charge on any atom is 0.226 e. The Labute approximate surface area is 149 Å². The molecule has 2 aromatic rings. The minimum Gasteiger partial charge on any atom is -0.337 e. The molecular formula is C20H25N3O2. The number of hydrogen-bond acceptors (Lipinski definition) is 3. The van der Waals surface area contributed by atoms with Crippen LogP contribution in [0.25, 0.3) is 0 Å². The van der Waals surface area contributed by atoms with E-state index in [2.05, 4.69) is 24.1 Å². The van der Waals surface area contributed by atoms with E-state index >= 15 is 0 Å². The van der Waals surface area contributed by atoms with Gasteiger partial charge >= 0.3 is 0 Å². The van der Waals surface area contributed by atoms with Crippen molar-refractivity contribution in [2.45, 2.75) is 39.7 Å². The summed E-state index contributed by atoms with van der Waals surface area (Å²) < 4.78 is 0. The Morgan fingerprint density at radius 2 is 1.84 bits per heavy atom. The summed E-state index contributed by atoms with van der Waals surface area (Å²) >= 11 is 0. The van der Waals surface area contributed by atoms with Crippen LogP contribution in [0.3, 0.4) is 0 Å². The molecule has 5 nitrogen and oxygen atoms in total. The van der Waals surface area contributed by atoms with Crippen molar-refractivity contribution in [1.82, 2.24) is 9.88 Å². The van der Waals surface area contributed by atoms with Crippen molar-refractivity contribution in [3.8, 4) is 0 Å². The van der Waals surface area contributed by atoms with Gasteiger partial charge in [-0.25, -0.2) is 0 Å². The number of hydrogen-bond donors (Lipinski definition) is 1. The lowest BCUT2D eigenvalue weighted by atomic mass is 10.0. The molecule has 1 aromatic carbocycles. The Morgan fingerprint density at radius 3 is 2.48 bits per heavy atom. The lowest BCUT2D eigenvalue weighted by Crippen LogP contribution is -2.32. The molecule has 0 bridgehead atoms. The normalized spacial score (nSPS) is 10.6. The van der Waals surface area contributed by atoms with Crippen LogP contribution in [0.1, 0.15) is 44.4 Å². The van der Waals surface area contributed by atoms with E-state index in [1.807, 2.05) is 42.5 Å². The van der Waals surface area contributed by atoms with E-state index in [9.17, 15) is 9.59 Å². The minimum absolute atomic E-state index is 0.0685. The Kier molecular flexibility index (Phi) is 6.69. The number of aromatic nitrogens is 1. The Balaban J connectivity index is 1.94. The van der Waals surface area contributed by atoms with Crippen molar-refractivity contribution in [3.63, 3.8) is 0 Å². The first-order chi connectivity index (χ1) is 12.0. The number of para-hydroxylation sites is 1. The molecular weight excluding hydrogens is 314 g/mol. The zero-order chi connectivity index (χ0) is 18.2. The molecule has 2 amide bonds. The maximum atomic E-state index is 12.3. The average Bonchev–Trinajstić information content (AvgIpc) is 2.59. The quantitative estimate of drug-likeness (QED) is 0.838. The van der Waals surface area contributed by atoms with Gasteiger partial charge in [-0.15, -0.1) is 0 Å². The largest absolute Gasteiger partial charge is 0.337 e. The summed E-state index contributed by atoms with van der Waals surface area (Å²) in [5, 5.41) is 2.96. The van der Waals surface area contributed by atoms with Crippen LogP contribution in [0.2, 0.25) is 0 Å². The van der Waals surface area contributed by atoms with Crippen LogP contribution in [-0.2, 0) is 16.1 Å². The third kappa shape index (κ3) is 5.71. The third-order valence-corrected chi connectivity index (χ3v) is 3.99. The fraction of sp³-hybridized carbons (Fsp3) is 0.350. The number of benzene rings is 1. The van der Waals surface area contributed by atoms with E-state index in [1.165, 1.54) is 6.92 Å². The molecule has 2 rings (SSSR count). The summed E-state index contributed by atoms with van der Waals surface area (Å²) in [5.74, 6) is 0.163. The molecule has 0 unspecified atom stereocenters. The average molecular weight is 339 g/mol. The van der Waals surface area contributed by atoms with Gasteiger partial charge in [-0.05, 0) is 29.7 Å². The van der Waals surface area contributed by atoms with Crippen LogP contribution in [0.15, 0.2) is 48.7 Å². The molecule has 0 spiro atoms. The molecule has 1 aromatic heterocycles. The van der Waals surface area contributed by atoms with Crippen molar-refractivity contribution in [1.29, 1.82) is 0 Å². The van der Waals surface area contributed by atoms with E-state index in [0.29, 0.717) is 19.0 Å². The first kappa shape index (κ1) is 18.6. The van der Waals surface area contributed by atoms with Crippen LogP contribution in [-0.4, -0.2) is 28.2 Å². The third-order valence-electron chi connectivity index (χ3n) is 3.99. The SMILES string of the molecule is CC(=O)N(CCC(=O)Nc1ccccc1C(C)C)Cc1ccccn1. The first-order valence-electron chi connectivity index (χ1n) is 8.51. The summed E-state index contributed by atoms with van der Waals surface area (Å²) in [7, 11) is 0. The standard InChI is InChI=1S/C20H25N3O2/c1-15(2)18-9-4-5-10-19(18)22-20(25)11-13-23(16(3)24)14-17-8-6-7-12-21-17/h4-10,12,15H,11,13-14H2,1-3H3,(H,22,25). The highest BCUT2D eigenvalue weighted by Crippen LogP contribution is 2.23. The van der Waals surface area contributed by atoms with Gasteiger partial charge in [0.15, 0.2) is 0 Å². The van der Waals surface area contributed by atoms with Crippen molar-refractivity contribution in [2.75, 3.05) is 11.9 Å². The van der Waals surface area contributed by atoms with Gasteiger partial charge in [0.2, 0.25) is 11.8 Å². The molecule has 5 heteroatoms. The minimum atomic E-state index is -0.0969. The maximum absolute atomic E-state index is 12.3. The monoisotopic (exact) mass is 339 g/mol. The molecule has 0 aliphatic rings. The van der Waals surface area contributed by atoms with E-state index in [1.54, 1.807) is 11.1 Å². The molecule has 1 N–H and O–H groups in total. The molecule has 0 fully saturated rings. The summed E-state index contributed by atoms with van der Waals surface area (Å²) in [5.41, 5.74) is 2.75. The van der Waals surface area contributed by atoms with Crippen molar-refractivity contribution >= 4 is 17.5 Å². The highest BCUT2D eigenvalue weighted by Gasteiger charge is 2.14. The summed E-state index contributed by atoms with van der Waals surface area (Å²) in [6.07, 6.45) is 1.95. The summed E-state index contributed by atoms with van der Waals surface area (Å²) in [6, 6.07) is 13.4. The zero-order valence-electron chi connectivity index (χ0n) is 15.0. The van der Waals surface area contributed by atoms with Crippen molar-refractivity contribution < 1.29 is 9.59 Å². The second-order valence-corrected chi connectivity index (χ2v) is 6.30. The van der Waals surface area contributed by atoms with Crippen molar-refractivity contribution in [3.05, 3.63) is 59.9 Å². The smallest absolute Gasteiger partial charge is 0.226 e. The predicted molar refractivity (Wildman–Crippen MR) is 99.1 cm³/mol. The van der Waals surface area contributed by atoms with Crippen LogP contribution in [0, 0.1) is 0 Å². The van der Waals surface area contributed by atoms with E-state index in [-0.39, 0.29) is 18.2 Å². The van der Waals surface area contributed by atoms with E-state index in [0.717, 1.165) is 16.9 Å². The van der Waals surface area contributed by atoms with Gasteiger partial charge in [-0.3, -0.25) is 14.6 Å². The Morgan fingerprint density at radius 1 is 1.12 bits per heavy atom. The molecule has 25 heavy (non-hydrogen) atoms. The number of rotatable bonds is 7. The topological polar surface area (TPSA) is 62.3 Å². The highest BCUT2D eigenvalue weighted by atomic mass is 16.2. The van der Waals surface area contributed by atoms with Gasteiger partial charge in [0.1, 0.15) is 0 Å². The lowest BCUT2D eigenvalue weighted by Gasteiger charge is -2.21. The summed E-state index contributed by atoms with van der Waals surface area (Å²) in [4.78, 5) is 30.0. The Hall–Kier alpha value is -2.69. The number of anilines is 1. The van der Waals surface area contributed by atoms with Gasteiger partial charge in [0, 0.05) is 31.8 Å². The van der Waals surface area contributed by atoms with Crippen LogP contribution < -0.4 is 5.32 Å². The number of nitrogens with one attached hydrogen (secondary N) is 1. The van der Waals surface area contributed by atoms with Gasteiger partial charge < -0.3 is 10.2 Å². The summed E-state index contributed by atoms with van der Waals surface area (Å²) in [6.45, 7) is 6.47. The molecule has 0 aliphatic carbocycles. The fourth-order valence-electron chi connectivity index (χ4n) is 2.60. The van der Waals surface area contributed by atoms with Crippen molar-refractivity contribution in [2.24, 2.45) is 0 Å². The van der Waals surface area contributed by atoms with Gasteiger partial charge in [-0.2, -0.15) is 0 Å². The van der Waals surface area contributed by atoms with Gasteiger partial charge in [0.05, 0.1) is 12.2 Å². The lowest BCUT2D eigenvalue weighted by molar-refractivity contribution is -0.130. The van der Waals surface area contributed by atoms with Crippen LogP contribution in [0.5, 0.6) is 0 Å². The number of carbonyl (C=O) groups excluding carboxylic acids is 2. The molecule has 0 atom stereocenters. The predicted octanol–water partition coefficient (Wildman–Crippen LogP) is 3.58. The number of pyridine rings is 1. The van der Waals surface area contributed by atoms with E-state index in [4.69, 9.17) is 0 Å². The second kappa shape index (κ2) is 8.97. The molecule has 1 heterocycles. The number of carbonyl (C=O) groups is 2. The molecule has 0 saturated heterocycles.